The molecule has 0 aliphatic carbocycles. The van der Waals surface area contributed by atoms with Crippen LogP contribution in [0.3, 0.4) is 0 Å². The topological polar surface area (TPSA) is 122 Å². The van der Waals surface area contributed by atoms with Gasteiger partial charge in [-0.3, -0.25) is 9.59 Å². The van der Waals surface area contributed by atoms with E-state index in [1.807, 2.05) is 0 Å². The number of rotatable bonds is 5. The number of benzene rings is 1. The van der Waals surface area contributed by atoms with Crippen molar-refractivity contribution in [3.05, 3.63) is 36.2 Å². The number of hydrogen-bond acceptors (Lipinski definition) is 6. The maximum absolute atomic E-state index is 11.8. The van der Waals surface area contributed by atoms with Crippen LogP contribution in [0.15, 0.2) is 30.5 Å². The van der Waals surface area contributed by atoms with Crippen LogP contribution in [-0.2, 0) is 4.79 Å². The van der Waals surface area contributed by atoms with Crippen LogP contribution in [0, 0.1) is 0 Å². The summed E-state index contributed by atoms with van der Waals surface area (Å²) >= 11 is 0. The number of aromatic hydroxyl groups is 1. The quantitative estimate of drug-likeness (QED) is 0.742. The molecule has 2 aromatic rings. The zero-order chi connectivity index (χ0) is 16.1. The molecule has 0 saturated heterocycles. The predicted octanol–water partition coefficient (Wildman–Crippen LogP) is 0.672. The van der Waals surface area contributed by atoms with Crippen molar-refractivity contribution in [2.75, 3.05) is 13.7 Å². The monoisotopic (exact) mass is 303 g/mol. The molecule has 0 saturated carbocycles. The van der Waals surface area contributed by atoms with E-state index < -0.39 is 24.3 Å². The molecule has 0 spiro atoms. The Labute approximate surface area is 125 Å². The van der Waals surface area contributed by atoms with Gasteiger partial charge in [0, 0.05) is 5.56 Å². The van der Waals surface area contributed by atoms with Crippen molar-refractivity contribution in [2.24, 2.45) is 0 Å². The maximum atomic E-state index is 11.8. The highest BCUT2D eigenvalue weighted by Gasteiger charge is 2.17. The molecule has 0 radical (unpaired) electrons. The average molecular weight is 303 g/mol. The second-order valence-electron chi connectivity index (χ2n) is 4.20. The van der Waals surface area contributed by atoms with Gasteiger partial charge in [0.05, 0.1) is 19.0 Å². The third-order valence-corrected chi connectivity index (χ3v) is 2.75. The van der Waals surface area contributed by atoms with Crippen LogP contribution in [0.1, 0.15) is 10.5 Å². The standard InChI is InChI=1S/C14H13N3O5/c1-22-10-5-3-2-4-8(10)9-6-15-13(20)12(17-9)14(21)16-7-11(18)19/h2-6H,7H2,1H3,(H,15,20)(H,16,21)(H,18,19). The molecule has 0 fully saturated rings. The van der Waals surface area contributed by atoms with Crippen LogP contribution in [0.25, 0.3) is 11.3 Å². The largest absolute Gasteiger partial charge is 0.496 e. The Morgan fingerprint density at radius 3 is 2.73 bits per heavy atom. The van der Waals surface area contributed by atoms with Gasteiger partial charge in [-0.25, -0.2) is 9.97 Å². The molecular formula is C14H13N3O5. The lowest BCUT2D eigenvalue weighted by atomic mass is 10.1. The molecule has 1 aromatic heterocycles. The SMILES string of the molecule is COc1ccccc1-c1cnc(O)c(C(=O)NCC(=O)O)n1. The number of nitrogens with zero attached hydrogens (tertiary/aromatic N) is 2. The highest BCUT2D eigenvalue weighted by molar-refractivity contribution is 5.96. The molecule has 8 nitrogen and oxygen atoms in total. The number of aromatic nitrogens is 2. The molecule has 2 rings (SSSR count). The van der Waals surface area contributed by atoms with Crippen molar-refractivity contribution in [2.45, 2.75) is 0 Å². The second kappa shape index (κ2) is 6.53. The molecule has 8 heteroatoms. The van der Waals surface area contributed by atoms with Gasteiger partial charge in [0.25, 0.3) is 5.91 Å². The first-order valence-corrected chi connectivity index (χ1v) is 6.22. The average Bonchev–Trinajstić information content (AvgIpc) is 2.53. The van der Waals surface area contributed by atoms with Crippen LogP contribution in [-0.4, -0.2) is 45.7 Å². The summed E-state index contributed by atoms with van der Waals surface area (Å²) < 4.78 is 5.20. The van der Waals surface area contributed by atoms with E-state index in [-0.39, 0.29) is 5.69 Å². The van der Waals surface area contributed by atoms with Crippen molar-refractivity contribution in [1.82, 2.24) is 15.3 Å². The van der Waals surface area contributed by atoms with Crippen LogP contribution in [0.5, 0.6) is 11.6 Å². The van der Waals surface area contributed by atoms with E-state index in [0.717, 1.165) is 0 Å². The first-order valence-electron chi connectivity index (χ1n) is 6.22. The van der Waals surface area contributed by atoms with E-state index in [9.17, 15) is 14.7 Å². The Bertz CT molecular complexity index is 717. The minimum Gasteiger partial charge on any atom is -0.496 e. The van der Waals surface area contributed by atoms with Crippen molar-refractivity contribution in [3.63, 3.8) is 0 Å². The molecule has 1 heterocycles. The first-order chi connectivity index (χ1) is 10.5. The Morgan fingerprint density at radius 1 is 1.32 bits per heavy atom. The van der Waals surface area contributed by atoms with E-state index in [4.69, 9.17) is 9.84 Å². The summed E-state index contributed by atoms with van der Waals surface area (Å²) in [5, 5.41) is 20.3. The Morgan fingerprint density at radius 2 is 2.05 bits per heavy atom. The van der Waals surface area contributed by atoms with E-state index in [1.165, 1.54) is 13.3 Å². The fraction of sp³-hybridized carbons (Fsp3) is 0.143. The van der Waals surface area contributed by atoms with Gasteiger partial charge in [-0.2, -0.15) is 0 Å². The minimum atomic E-state index is -1.21. The molecule has 0 unspecified atom stereocenters. The molecule has 0 atom stereocenters. The van der Waals surface area contributed by atoms with Gasteiger partial charge in [-0.05, 0) is 12.1 Å². The fourth-order valence-corrected chi connectivity index (χ4v) is 1.76. The number of carbonyl (C=O) groups excluding carboxylic acids is 1. The van der Waals surface area contributed by atoms with E-state index in [0.29, 0.717) is 17.0 Å². The smallest absolute Gasteiger partial charge is 0.322 e. The Balaban J connectivity index is 2.38. The van der Waals surface area contributed by atoms with Crippen molar-refractivity contribution in [3.8, 4) is 22.9 Å². The third-order valence-electron chi connectivity index (χ3n) is 2.75. The van der Waals surface area contributed by atoms with Gasteiger partial charge in [0.1, 0.15) is 12.3 Å². The van der Waals surface area contributed by atoms with E-state index >= 15 is 0 Å². The molecule has 114 valence electrons. The van der Waals surface area contributed by atoms with Crippen molar-refractivity contribution in [1.29, 1.82) is 0 Å². The number of methoxy groups -OCH3 is 1. The van der Waals surface area contributed by atoms with Crippen LogP contribution < -0.4 is 10.1 Å². The summed E-state index contributed by atoms with van der Waals surface area (Å²) in [5.74, 6) is -2.09. The van der Waals surface area contributed by atoms with Crippen LogP contribution in [0.4, 0.5) is 0 Å². The number of carboxylic acids is 1. The van der Waals surface area contributed by atoms with Gasteiger partial charge in [0.2, 0.25) is 5.88 Å². The predicted molar refractivity (Wildman–Crippen MR) is 75.7 cm³/mol. The lowest BCUT2D eigenvalue weighted by molar-refractivity contribution is -0.135. The van der Waals surface area contributed by atoms with E-state index in [2.05, 4.69) is 15.3 Å². The molecule has 22 heavy (non-hydrogen) atoms. The maximum Gasteiger partial charge on any atom is 0.322 e. The zero-order valence-electron chi connectivity index (χ0n) is 11.6. The normalized spacial score (nSPS) is 10.0. The minimum absolute atomic E-state index is 0.315. The Kier molecular flexibility index (Phi) is 4.52. The molecule has 0 bridgehead atoms. The lowest BCUT2D eigenvalue weighted by Gasteiger charge is -2.09. The van der Waals surface area contributed by atoms with Crippen molar-refractivity contribution < 1.29 is 24.5 Å². The number of aliphatic carboxylic acids is 1. The zero-order valence-corrected chi connectivity index (χ0v) is 11.6. The third kappa shape index (κ3) is 3.29. The van der Waals surface area contributed by atoms with Gasteiger partial charge in [0.15, 0.2) is 5.69 Å². The number of amides is 1. The Hall–Kier alpha value is -3.16. The molecule has 1 amide bonds. The number of carboxylic acid groups (broad SMARTS) is 1. The lowest BCUT2D eigenvalue weighted by Crippen LogP contribution is -2.30. The number of ether oxygens (including phenoxy) is 1. The number of para-hydroxylation sites is 1. The van der Waals surface area contributed by atoms with Crippen LogP contribution >= 0.6 is 0 Å². The van der Waals surface area contributed by atoms with Crippen LogP contribution in [0.2, 0.25) is 0 Å². The number of nitrogens with one attached hydrogen (secondary N) is 1. The summed E-state index contributed by atoms with van der Waals surface area (Å²) in [6, 6.07) is 6.97. The van der Waals surface area contributed by atoms with Gasteiger partial charge in [-0.15, -0.1) is 0 Å². The molecular weight excluding hydrogens is 290 g/mol. The fourth-order valence-electron chi connectivity index (χ4n) is 1.76. The first kappa shape index (κ1) is 15.2. The summed E-state index contributed by atoms with van der Waals surface area (Å²) in [6.45, 7) is -0.584. The summed E-state index contributed by atoms with van der Waals surface area (Å²) in [5.41, 5.74) is 0.546. The van der Waals surface area contributed by atoms with Gasteiger partial charge >= 0.3 is 5.97 Å². The molecule has 0 aliphatic heterocycles. The van der Waals surface area contributed by atoms with Crippen molar-refractivity contribution >= 4 is 11.9 Å². The second-order valence-corrected chi connectivity index (χ2v) is 4.20. The highest BCUT2D eigenvalue weighted by atomic mass is 16.5. The molecule has 3 N–H and O–H groups in total. The van der Waals surface area contributed by atoms with Gasteiger partial charge < -0.3 is 20.3 Å². The number of hydrogen-bond donors (Lipinski definition) is 3. The summed E-state index contributed by atoms with van der Waals surface area (Å²) in [7, 11) is 1.49. The molecule has 1 aromatic carbocycles. The van der Waals surface area contributed by atoms with E-state index in [1.54, 1.807) is 24.3 Å². The van der Waals surface area contributed by atoms with Gasteiger partial charge in [-0.1, -0.05) is 12.1 Å². The summed E-state index contributed by atoms with van der Waals surface area (Å²) in [4.78, 5) is 30.0. The highest BCUT2D eigenvalue weighted by Crippen LogP contribution is 2.28. The number of carbonyl (C=O) groups is 2. The molecule has 0 aliphatic rings. The summed E-state index contributed by atoms with van der Waals surface area (Å²) in [6.07, 6.45) is 1.29.